The smallest absolute Gasteiger partial charge is 0.145 e. The summed E-state index contributed by atoms with van der Waals surface area (Å²) in [5, 5.41) is 0. The molecule has 1 atom stereocenters. The quantitative estimate of drug-likeness (QED) is 0.906. The third-order valence-electron chi connectivity index (χ3n) is 3.97. The first-order chi connectivity index (χ1) is 9.01. The van der Waals surface area contributed by atoms with E-state index in [1.54, 1.807) is 14.2 Å². The van der Waals surface area contributed by atoms with Gasteiger partial charge in [-0.1, -0.05) is 0 Å². The minimum atomic E-state index is 0.103. The molecule has 1 heterocycles. The van der Waals surface area contributed by atoms with Crippen molar-refractivity contribution in [1.29, 1.82) is 0 Å². The maximum Gasteiger partial charge on any atom is 0.145 e. The van der Waals surface area contributed by atoms with E-state index in [1.807, 2.05) is 12.1 Å². The second kappa shape index (κ2) is 5.29. The van der Waals surface area contributed by atoms with Crippen molar-refractivity contribution >= 4 is 5.69 Å². The van der Waals surface area contributed by atoms with E-state index >= 15 is 0 Å². The maximum atomic E-state index is 5.83. The molecule has 0 bridgehead atoms. The highest BCUT2D eigenvalue weighted by atomic mass is 16.5. The van der Waals surface area contributed by atoms with Gasteiger partial charge in [-0.2, -0.15) is 0 Å². The summed E-state index contributed by atoms with van der Waals surface area (Å²) in [6.07, 6.45) is 1.11. The average Bonchev–Trinajstić information content (AvgIpc) is 2.72. The zero-order valence-electron chi connectivity index (χ0n) is 12.3. The summed E-state index contributed by atoms with van der Waals surface area (Å²) in [6, 6.07) is 5.98. The molecule has 0 radical (unpaired) electrons. The number of rotatable bonds is 4. The second-order valence-electron chi connectivity index (χ2n) is 5.77. The minimum absolute atomic E-state index is 0.103. The van der Waals surface area contributed by atoms with Gasteiger partial charge in [0.05, 0.1) is 19.9 Å². The van der Waals surface area contributed by atoms with E-state index in [0.717, 1.165) is 36.7 Å². The van der Waals surface area contributed by atoms with Gasteiger partial charge in [-0.15, -0.1) is 0 Å². The molecule has 0 aliphatic carbocycles. The van der Waals surface area contributed by atoms with Crippen LogP contribution in [0.3, 0.4) is 0 Å². The van der Waals surface area contributed by atoms with Crippen LogP contribution in [0.4, 0.5) is 5.69 Å². The highest BCUT2D eigenvalue weighted by Gasteiger charge is 2.38. The van der Waals surface area contributed by atoms with Crippen LogP contribution in [-0.4, -0.2) is 32.8 Å². The van der Waals surface area contributed by atoms with Gasteiger partial charge in [-0.25, -0.2) is 0 Å². The Hall–Kier alpha value is -1.42. The second-order valence-corrected chi connectivity index (χ2v) is 5.77. The summed E-state index contributed by atoms with van der Waals surface area (Å²) in [7, 11) is 3.36. The molecule has 1 saturated heterocycles. The summed E-state index contributed by atoms with van der Waals surface area (Å²) in [6.45, 7) is 6.23. The van der Waals surface area contributed by atoms with Crippen molar-refractivity contribution < 1.29 is 9.47 Å². The average molecular weight is 264 g/mol. The van der Waals surface area contributed by atoms with Crippen molar-refractivity contribution in [3.05, 3.63) is 18.2 Å². The normalized spacial score (nSPS) is 21.5. The van der Waals surface area contributed by atoms with Crippen LogP contribution >= 0.6 is 0 Å². The standard InChI is InChI=1S/C15H24N2O2/c1-15(2)8-11(9-16)10-17(15)13-6-5-12(18-3)7-14(13)19-4/h5-7,11H,8-10,16H2,1-4H3. The Kier molecular flexibility index (Phi) is 3.90. The van der Waals surface area contributed by atoms with Crippen molar-refractivity contribution in [2.45, 2.75) is 25.8 Å². The fraction of sp³-hybridized carbons (Fsp3) is 0.600. The van der Waals surface area contributed by atoms with Crippen LogP contribution in [0.15, 0.2) is 18.2 Å². The van der Waals surface area contributed by atoms with Gasteiger partial charge in [0, 0.05) is 18.2 Å². The summed E-state index contributed by atoms with van der Waals surface area (Å²) >= 11 is 0. The molecule has 106 valence electrons. The molecular formula is C15H24N2O2. The number of anilines is 1. The van der Waals surface area contributed by atoms with E-state index in [4.69, 9.17) is 15.2 Å². The summed E-state index contributed by atoms with van der Waals surface area (Å²) in [5.41, 5.74) is 7.05. The molecule has 0 aromatic heterocycles. The lowest BCUT2D eigenvalue weighted by Gasteiger charge is -2.34. The van der Waals surface area contributed by atoms with Gasteiger partial charge < -0.3 is 20.1 Å². The van der Waals surface area contributed by atoms with Gasteiger partial charge in [-0.05, 0) is 44.9 Å². The number of nitrogens with zero attached hydrogens (tertiary/aromatic N) is 1. The summed E-state index contributed by atoms with van der Waals surface area (Å²) in [4.78, 5) is 2.39. The molecular weight excluding hydrogens is 240 g/mol. The lowest BCUT2D eigenvalue weighted by molar-refractivity contribution is 0.392. The van der Waals surface area contributed by atoms with Gasteiger partial charge in [0.25, 0.3) is 0 Å². The lowest BCUT2D eigenvalue weighted by Crippen LogP contribution is -2.38. The molecule has 1 aromatic rings. The predicted octanol–water partition coefficient (Wildman–Crippen LogP) is 2.27. The Labute approximate surface area is 115 Å². The molecule has 1 aromatic carbocycles. The summed E-state index contributed by atoms with van der Waals surface area (Å²) in [5.74, 6) is 2.21. The molecule has 1 aliphatic rings. The molecule has 4 nitrogen and oxygen atoms in total. The maximum absolute atomic E-state index is 5.83. The number of benzene rings is 1. The molecule has 0 saturated carbocycles. The SMILES string of the molecule is COc1ccc(N2CC(CN)CC2(C)C)c(OC)c1. The van der Waals surface area contributed by atoms with Gasteiger partial charge in [-0.3, -0.25) is 0 Å². The van der Waals surface area contributed by atoms with Crippen LogP contribution in [0.1, 0.15) is 20.3 Å². The fourth-order valence-corrected chi connectivity index (χ4v) is 2.98. The zero-order valence-corrected chi connectivity index (χ0v) is 12.3. The Morgan fingerprint density at radius 1 is 1.32 bits per heavy atom. The van der Waals surface area contributed by atoms with Gasteiger partial charge in [0.15, 0.2) is 0 Å². The first kappa shape index (κ1) is 14.0. The fourth-order valence-electron chi connectivity index (χ4n) is 2.98. The number of hydrogen-bond donors (Lipinski definition) is 1. The van der Waals surface area contributed by atoms with Crippen molar-refractivity contribution in [2.24, 2.45) is 11.7 Å². The largest absolute Gasteiger partial charge is 0.497 e. The van der Waals surface area contributed by atoms with Crippen molar-refractivity contribution in [1.82, 2.24) is 0 Å². The first-order valence-electron chi connectivity index (χ1n) is 6.71. The van der Waals surface area contributed by atoms with E-state index in [1.165, 1.54) is 0 Å². The van der Waals surface area contributed by atoms with Gasteiger partial charge in [0.2, 0.25) is 0 Å². The molecule has 4 heteroatoms. The number of ether oxygens (including phenoxy) is 2. The third kappa shape index (κ3) is 2.63. The van der Waals surface area contributed by atoms with E-state index < -0.39 is 0 Å². The van der Waals surface area contributed by atoms with Crippen LogP contribution in [0.5, 0.6) is 11.5 Å². The Bertz CT molecular complexity index is 446. The lowest BCUT2D eigenvalue weighted by atomic mass is 9.96. The molecule has 0 spiro atoms. The van der Waals surface area contributed by atoms with Crippen LogP contribution in [0, 0.1) is 5.92 Å². The third-order valence-corrected chi connectivity index (χ3v) is 3.97. The van der Waals surface area contributed by atoms with Crippen molar-refractivity contribution in [2.75, 3.05) is 32.2 Å². The monoisotopic (exact) mass is 264 g/mol. The Morgan fingerprint density at radius 3 is 2.58 bits per heavy atom. The Balaban J connectivity index is 2.35. The van der Waals surface area contributed by atoms with Crippen LogP contribution in [0.25, 0.3) is 0 Å². The summed E-state index contributed by atoms with van der Waals surface area (Å²) < 4.78 is 10.8. The minimum Gasteiger partial charge on any atom is -0.497 e. The number of hydrogen-bond acceptors (Lipinski definition) is 4. The molecule has 2 rings (SSSR count). The van der Waals surface area contributed by atoms with E-state index in [9.17, 15) is 0 Å². The molecule has 1 fully saturated rings. The molecule has 0 amide bonds. The predicted molar refractivity (Wildman–Crippen MR) is 78.1 cm³/mol. The van der Waals surface area contributed by atoms with E-state index in [-0.39, 0.29) is 5.54 Å². The molecule has 19 heavy (non-hydrogen) atoms. The highest BCUT2D eigenvalue weighted by Crippen LogP contribution is 2.41. The topological polar surface area (TPSA) is 47.7 Å². The van der Waals surface area contributed by atoms with Crippen LogP contribution < -0.4 is 20.1 Å². The zero-order chi connectivity index (χ0) is 14.0. The highest BCUT2D eigenvalue weighted by molar-refractivity contribution is 5.63. The van der Waals surface area contributed by atoms with Crippen LogP contribution in [0.2, 0.25) is 0 Å². The molecule has 1 unspecified atom stereocenters. The molecule has 1 aliphatic heterocycles. The van der Waals surface area contributed by atoms with Gasteiger partial charge >= 0.3 is 0 Å². The van der Waals surface area contributed by atoms with Crippen molar-refractivity contribution in [3.63, 3.8) is 0 Å². The van der Waals surface area contributed by atoms with E-state index in [2.05, 4.69) is 24.8 Å². The first-order valence-corrected chi connectivity index (χ1v) is 6.71. The molecule has 2 N–H and O–H groups in total. The van der Waals surface area contributed by atoms with Crippen molar-refractivity contribution in [3.8, 4) is 11.5 Å². The number of methoxy groups -OCH3 is 2. The van der Waals surface area contributed by atoms with Gasteiger partial charge in [0.1, 0.15) is 11.5 Å². The number of nitrogens with two attached hydrogens (primary N) is 1. The Morgan fingerprint density at radius 2 is 2.05 bits per heavy atom. The van der Waals surface area contributed by atoms with E-state index in [0.29, 0.717) is 5.92 Å². The van der Waals surface area contributed by atoms with Crippen LogP contribution in [-0.2, 0) is 0 Å².